The number of rotatable bonds is 8. The van der Waals surface area contributed by atoms with Crippen LogP contribution in [0.2, 0.25) is 0 Å². The fraction of sp³-hybridized carbons (Fsp3) is 0.385. The summed E-state index contributed by atoms with van der Waals surface area (Å²) in [6, 6.07) is 4.82. The molecule has 1 aliphatic rings. The summed E-state index contributed by atoms with van der Waals surface area (Å²) in [5.41, 5.74) is -3.43. The summed E-state index contributed by atoms with van der Waals surface area (Å²) in [4.78, 5) is 25.6. The predicted molar refractivity (Wildman–Crippen MR) is 124 cm³/mol. The molecule has 0 fully saturated rings. The maximum absolute atomic E-state index is 13.2. The second-order valence-corrected chi connectivity index (χ2v) is 8.50. The first-order valence-corrected chi connectivity index (χ1v) is 11.5. The normalized spacial score (nSPS) is 18.1. The van der Waals surface area contributed by atoms with Gasteiger partial charge in [0.15, 0.2) is 11.5 Å². The Labute approximate surface area is 214 Å². The van der Waals surface area contributed by atoms with Gasteiger partial charge >= 0.3 is 18.3 Å². The van der Waals surface area contributed by atoms with Crippen LogP contribution in [0.1, 0.15) is 46.3 Å². The van der Waals surface area contributed by atoms with Gasteiger partial charge in [0.1, 0.15) is 0 Å². The van der Waals surface area contributed by atoms with E-state index in [4.69, 9.17) is 14.2 Å². The molecule has 1 N–H and O–H groups in total. The molecule has 0 bridgehead atoms. The lowest BCUT2D eigenvalue weighted by atomic mass is 9.85. The van der Waals surface area contributed by atoms with Crippen LogP contribution in [0.3, 0.4) is 0 Å². The molecule has 2 aromatic carbocycles. The number of hydrogen-bond donors (Lipinski definition) is 1. The summed E-state index contributed by atoms with van der Waals surface area (Å²) in [5, 5.41) is 2.44. The minimum atomic E-state index is -5.08. The highest BCUT2D eigenvalue weighted by molar-refractivity contribution is 5.95. The number of methoxy groups -OCH3 is 2. The van der Waals surface area contributed by atoms with Crippen molar-refractivity contribution in [2.45, 2.75) is 37.7 Å². The predicted octanol–water partition coefficient (Wildman–Crippen LogP) is 5.76. The third-order valence-corrected chi connectivity index (χ3v) is 6.02. The van der Waals surface area contributed by atoms with Crippen LogP contribution < -0.4 is 14.8 Å². The summed E-state index contributed by atoms with van der Waals surface area (Å²) in [6.45, 7) is 1.75. The lowest BCUT2D eigenvalue weighted by molar-refractivity contribution is -0.146. The Bertz CT molecular complexity index is 1180. The van der Waals surface area contributed by atoms with E-state index in [1.807, 2.05) is 0 Å². The number of alkyl halides is 6. The van der Waals surface area contributed by atoms with Crippen molar-refractivity contribution >= 4 is 11.9 Å². The monoisotopic (exact) mass is 545 g/mol. The van der Waals surface area contributed by atoms with Gasteiger partial charge in [0.05, 0.1) is 37.9 Å². The lowest BCUT2D eigenvalue weighted by Crippen LogP contribution is -2.34. The largest absolute Gasteiger partial charge is 0.493 e. The van der Waals surface area contributed by atoms with Gasteiger partial charge in [-0.05, 0) is 55.2 Å². The zero-order valence-corrected chi connectivity index (χ0v) is 20.6. The van der Waals surface area contributed by atoms with Crippen molar-refractivity contribution in [3.8, 4) is 11.5 Å². The molecule has 206 valence electrons. The van der Waals surface area contributed by atoms with Crippen LogP contribution in [0.4, 0.5) is 26.3 Å². The molecule has 0 spiro atoms. The summed E-state index contributed by atoms with van der Waals surface area (Å²) in [5.74, 6) is -2.17. The van der Waals surface area contributed by atoms with Gasteiger partial charge in [-0.3, -0.25) is 9.59 Å². The summed E-state index contributed by atoms with van der Waals surface area (Å²) in [7, 11) is 2.88. The summed E-state index contributed by atoms with van der Waals surface area (Å²) >= 11 is 0. The number of nitrogens with one attached hydrogen (secondary N) is 1. The number of amides is 1. The Balaban J connectivity index is 1.84. The number of esters is 1. The van der Waals surface area contributed by atoms with Crippen molar-refractivity contribution in [2.24, 2.45) is 5.92 Å². The maximum atomic E-state index is 13.2. The Kier molecular flexibility index (Phi) is 8.63. The zero-order chi connectivity index (χ0) is 28.3. The van der Waals surface area contributed by atoms with E-state index in [1.165, 1.54) is 20.3 Å². The SMILES string of the molecule is CCOC(=O)C(c1ccc(OC)c(OC)c1)C1C=CC(NC(=O)c2cc(C(F)(F)F)cc(C(F)(F)F)c2)C1. The molecule has 0 saturated carbocycles. The Hall–Kier alpha value is -3.70. The van der Waals surface area contributed by atoms with Crippen LogP contribution in [0.15, 0.2) is 48.6 Å². The van der Waals surface area contributed by atoms with E-state index in [2.05, 4.69) is 5.32 Å². The molecule has 6 nitrogen and oxygen atoms in total. The minimum absolute atomic E-state index is 0.0463. The average Bonchev–Trinajstić information content (AvgIpc) is 3.30. The molecular formula is C26H25F6NO5. The molecule has 3 atom stereocenters. The van der Waals surface area contributed by atoms with Gasteiger partial charge < -0.3 is 19.5 Å². The number of benzene rings is 2. The number of carbonyl (C=O) groups is 2. The Morgan fingerprint density at radius 3 is 2.05 bits per heavy atom. The molecule has 1 amide bonds. The minimum Gasteiger partial charge on any atom is -0.493 e. The van der Waals surface area contributed by atoms with Crippen LogP contribution in [-0.2, 0) is 21.9 Å². The molecule has 3 rings (SSSR count). The lowest BCUT2D eigenvalue weighted by Gasteiger charge is -2.23. The third kappa shape index (κ3) is 6.59. The van der Waals surface area contributed by atoms with Gasteiger partial charge in [-0.25, -0.2) is 0 Å². The third-order valence-electron chi connectivity index (χ3n) is 6.02. The molecule has 1 aliphatic carbocycles. The Morgan fingerprint density at radius 1 is 0.921 bits per heavy atom. The highest BCUT2D eigenvalue weighted by Gasteiger charge is 2.38. The molecule has 12 heteroatoms. The topological polar surface area (TPSA) is 73.9 Å². The molecule has 38 heavy (non-hydrogen) atoms. The molecule has 0 radical (unpaired) electrons. The second-order valence-electron chi connectivity index (χ2n) is 8.50. The number of hydrogen-bond acceptors (Lipinski definition) is 5. The van der Waals surface area contributed by atoms with Crippen LogP contribution in [0.5, 0.6) is 11.5 Å². The molecule has 0 saturated heterocycles. The van der Waals surface area contributed by atoms with Crippen molar-refractivity contribution in [2.75, 3.05) is 20.8 Å². The van der Waals surface area contributed by atoms with E-state index in [0.29, 0.717) is 29.2 Å². The van der Waals surface area contributed by atoms with Crippen molar-refractivity contribution in [3.05, 3.63) is 70.8 Å². The molecule has 0 heterocycles. The van der Waals surface area contributed by atoms with E-state index in [0.717, 1.165) is 0 Å². The van der Waals surface area contributed by atoms with Crippen LogP contribution in [0, 0.1) is 5.92 Å². The standard InChI is InChI=1S/C26H25F6NO5/c1-4-38-24(35)22(15-6-8-20(36-2)21(12-15)37-3)14-5-7-19(11-14)33-23(34)16-9-17(25(27,28)29)13-18(10-16)26(30,31)32/h5-10,12-14,19,22H,4,11H2,1-3H3,(H,33,34). The van der Waals surface area contributed by atoms with Gasteiger partial charge in [-0.2, -0.15) is 26.3 Å². The smallest absolute Gasteiger partial charge is 0.416 e. The summed E-state index contributed by atoms with van der Waals surface area (Å²) < 4.78 is 94.8. The van der Waals surface area contributed by atoms with Crippen molar-refractivity contribution < 1.29 is 50.1 Å². The van der Waals surface area contributed by atoms with E-state index in [9.17, 15) is 35.9 Å². The van der Waals surface area contributed by atoms with E-state index >= 15 is 0 Å². The van der Waals surface area contributed by atoms with E-state index in [1.54, 1.807) is 31.2 Å². The summed E-state index contributed by atoms with van der Waals surface area (Å²) in [6.07, 6.45) is -6.83. The number of ether oxygens (including phenoxy) is 3. The van der Waals surface area contributed by atoms with Crippen LogP contribution >= 0.6 is 0 Å². The second kappa shape index (κ2) is 11.4. The average molecular weight is 545 g/mol. The molecule has 0 aromatic heterocycles. The maximum Gasteiger partial charge on any atom is 0.416 e. The first kappa shape index (κ1) is 28.9. The van der Waals surface area contributed by atoms with Crippen molar-refractivity contribution in [3.63, 3.8) is 0 Å². The fourth-order valence-electron chi connectivity index (χ4n) is 4.26. The van der Waals surface area contributed by atoms with Crippen molar-refractivity contribution in [1.29, 1.82) is 0 Å². The zero-order valence-electron chi connectivity index (χ0n) is 20.6. The molecular weight excluding hydrogens is 520 g/mol. The highest BCUT2D eigenvalue weighted by Crippen LogP contribution is 2.39. The fourth-order valence-corrected chi connectivity index (χ4v) is 4.26. The number of halogens is 6. The van der Waals surface area contributed by atoms with Gasteiger partial charge in [-0.1, -0.05) is 18.2 Å². The van der Waals surface area contributed by atoms with Crippen LogP contribution in [-0.4, -0.2) is 38.7 Å². The van der Waals surface area contributed by atoms with Gasteiger partial charge in [0.2, 0.25) is 0 Å². The molecule has 3 unspecified atom stereocenters. The van der Waals surface area contributed by atoms with E-state index in [-0.39, 0.29) is 19.1 Å². The highest BCUT2D eigenvalue weighted by atomic mass is 19.4. The van der Waals surface area contributed by atoms with Crippen LogP contribution in [0.25, 0.3) is 0 Å². The quantitative estimate of drug-likeness (QED) is 0.259. The first-order chi connectivity index (χ1) is 17.8. The molecule has 0 aliphatic heterocycles. The van der Waals surface area contributed by atoms with Gasteiger partial charge in [-0.15, -0.1) is 0 Å². The van der Waals surface area contributed by atoms with E-state index < -0.39 is 58.8 Å². The van der Waals surface area contributed by atoms with Gasteiger partial charge in [0, 0.05) is 11.6 Å². The molecule has 2 aromatic rings. The van der Waals surface area contributed by atoms with Gasteiger partial charge in [0.25, 0.3) is 5.91 Å². The Morgan fingerprint density at radius 2 is 1.53 bits per heavy atom. The number of carbonyl (C=O) groups excluding carboxylic acids is 2. The first-order valence-electron chi connectivity index (χ1n) is 11.5. The number of allylic oxidation sites excluding steroid dienone is 1. The van der Waals surface area contributed by atoms with Crippen molar-refractivity contribution in [1.82, 2.24) is 5.32 Å².